The molecule has 140 valence electrons. The van der Waals surface area contributed by atoms with Crippen molar-refractivity contribution in [2.75, 3.05) is 19.7 Å². The maximum absolute atomic E-state index is 13.1. The second kappa shape index (κ2) is 8.43. The summed E-state index contributed by atoms with van der Waals surface area (Å²) in [5, 5.41) is 7.18. The monoisotopic (exact) mass is 397 g/mol. The maximum Gasteiger partial charge on any atom is 0.250 e. The highest BCUT2D eigenvalue weighted by Gasteiger charge is 2.29. The van der Waals surface area contributed by atoms with E-state index in [0.29, 0.717) is 13.2 Å². The van der Waals surface area contributed by atoms with Crippen molar-refractivity contribution in [3.8, 4) is 10.6 Å². The Hall–Kier alpha value is -1.54. The molecule has 1 aromatic heterocycles. The number of benzene rings is 1. The number of hydrogen-bond acceptors (Lipinski definition) is 5. The van der Waals surface area contributed by atoms with Crippen LogP contribution in [0.3, 0.4) is 0 Å². The van der Waals surface area contributed by atoms with E-state index < -0.39 is 6.10 Å². The van der Waals surface area contributed by atoms with Gasteiger partial charge in [0.2, 0.25) is 0 Å². The van der Waals surface area contributed by atoms with E-state index in [1.54, 1.807) is 23.5 Å². The standard InChI is InChI=1S/C18H20FN3O2S.ClH/c19-12-6-4-11(5-7-12)18-22-14-3-1-2-13(16(14)25-18)21-17(23)15-10-20-8-9-24-15;/h4-7,13,15,20H,1-3,8-10H2,(H,21,23);1H. The number of nitrogens with zero attached hydrogens (tertiary/aromatic N) is 1. The van der Waals surface area contributed by atoms with E-state index in [0.717, 1.165) is 46.9 Å². The van der Waals surface area contributed by atoms with Gasteiger partial charge >= 0.3 is 0 Å². The molecule has 2 aliphatic rings. The van der Waals surface area contributed by atoms with Crippen LogP contribution in [0.1, 0.15) is 29.5 Å². The number of fused-ring (bicyclic) bond motifs is 1. The first-order chi connectivity index (χ1) is 12.2. The number of nitrogens with one attached hydrogen (secondary N) is 2. The fourth-order valence-corrected chi connectivity index (χ4v) is 4.47. The highest BCUT2D eigenvalue weighted by molar-refractivity contribution is 7.15. The number of hydrogen-bond donors (Lipinski definition) is 2. The quantitative estimate of drug-likeness (QED) is 0.836. The molecule has 4 rings (SSSR count). The van der Waals surface area contributed by atoms with E-state index in [1.165, 1.54) is 12.1 Å². The molecule has 1 aliphatic heterocycles. The van der Waals surface area contributed by atoms with Gasteiger partial charge in [-0.1, -0.05) is 0 Å². The smallest absolute Gasteiger partial charge is 0.250 e. The van der Waals surface area contributed by atoms with Crippen molar-refractivity contribution < 1.29 is 13.9 Å². The Morgan fingerprint density at radius 3 is 2.88 bits per heavy atom. The van der Waals surface area contributed by atoms with Crippen LogP contribution in [0.2, 0.25) is 0 Å². The van der Waals surface area contributed by atoms with Gasteiger partial charge in [0.1, 0.15) is 16.9 Å². The van der Waals surface area contributed by atoms with E-state index in [-0.39, 0.29) is 30.2 Å². The van der Waals surface area contributed by atoms with Crippen LogP contribution >= 0.6 is 23.7 Å². The summed E-state index contributed by atoms with van der Waals surface area (Å²) in [6.45, 7) is 1.89. The Labute approximate surface area is 161 Å². The number of aryl methyl sites for hydroxylation is 1. The third-order valence-corrected chi connectivity index (χ3v) is 5.84. The zero-order valence-corrected chi connectivity index (χ0v) is 15.8. The summed E-state index contributed by atoms with van der Waals surface area (Å²) in [6, 6.07) is 6.36. The number of amides is 1. The van der Waals surface area contributed by atoms with Gasteiger partial charge in [-0.2, -0.15) is 0 Å². The molecule has 0 spiro atoms. The van der Waals surface area contributed by atoms with E-state index in [1.807, 2.05) is 0 Å². The first-order valence-corrected chi connectivity index (χ1v) is 9.40. The first-order valence-electron chi connectivity index (χ1n) is 8.59. The largest absolute Gasteiger partial charge is 0.366 e. The predicted octanol–water partition coefficient (Wildman–Crippen LogP) is 2.85. The number of thiazole rings is 1. The number of carbonyl (C=O) groups excluding carboxylic acids is 1. The van der Waals surface area contributed by atoms with Crippen molar-refractivity contribution in [2.45, 2.75) is 31.4 Å². The van der Waals surface area contributed by atoms with Crippen LogP contribution in [0.5, 0.6) is 0 Å². The van der Waals surface area contributed by atoms with Gasteiger partial charge in [-0.3, -0.25) is 4.79 Å². The average molecular weight is 398 g/mol. The van der Waals surface area contributed by atoms with Crippen LogP contribution in [0.25, 0.3) is 10.6 Å². The molecule has 2 atom stereocenters. The van der Waals surface area contributed by atoms with E-state index in [2.05, 4.69) is 10.6 Å². The second-order valence-electron chi connectivity index (χ2n) is 6.35. The van der Waals surface area contributed by atoms with Crippen molar-refractivity contribution in [1.82, 2.24) is 15.6 Å². The lowest BCUT2D eigenvalue weighted by molar-refractivity contribution is -0.135. The van der Waals surface area contributed by atoms with Crippen LogP contribution in [-0.2, 0) is 16.0 Å². The summed E-state index contributed by atoms with van der Waals surface area (Å²) in [5.41, 5.74) is 1.95. The van der Waals surface area contributed by atoms with Gasteiger partial charge in [-0.15, -0.1) is 23.7 Å². The van der Waals surface area contributed by atoms with Crippen LogP contribution in [0, 0.1) is 5.82 Å². The number of aromatic nitrogens is 1. The number of morpholine rings is 1. The minimum atomic E-state index is -0.427. The molecule has 1 aliphatic carbocycles. The van der Waals surface area contributed by atoms with Crippen LogP contribution < -0.4 is 10.6 Å². The SMILES string of the molecule is Cl.O=C(NC1CCCc2nc(-c3ccc(F)cc3)sc21)C1CNCCO1. The van der Waals surface area contributed by atoms with Crippen molar-refractivity contribution in [3.05, 3.63) is 40.7 Å². The zero-order valence-electron chi connectivity index (χ0n) is 14.2. The van der Waals surface area contributed by atoms with Gasteiger partial charge in [-0.25, -0.2) is 9.37 Å². The zero-order chi connectivity index (χ0) is 17.2. The molecule has 8 heteroatoms. The van der Waals surface area contributed by atoms with Crippen LogP contribution in [-0.4, -0.2) is 36.7 Å². The summed E-state index contributed by atoms with van der Waals surface area (Å²) in [5.74, 6) is -0.321. The maximum atomic E-state index is 13.1. The highest BCUT2D eigenvalue weighted by Crippen LogP contribution is 2.38. The van der Waals surface area contributed by atoms with Gasteiger partial charge in [0.15, 0.2) is 0 Å². The molecular weight excluding hydrogens is 377 g/mol. The summed E-state index contributed by atoms with van der Waals surface area (Å²) in [6.07, 6.45) is 2.39. The van der Waals surface area contributed by atoms with E-state index in [4.69, 9.17) is 9.72 Å². The fraction of sp³-hybridized carbons (Fsp3) is 0.444. The van der Waals surface area contributed by atoms with Gasteiger partial charge < -0.3 is 15.4 Å². The topological polar surface area (TPSA) is 63.2 Å². The van der Waals surface area contributed by atoms with Gasteiger partial charge in [0.25, 0.3) is 5.91 Å². The summed E-state index contributed by atoms with van der Waals surface area (Å²) >= 11 is 1.59. The van der Waals surface area contributed by atoms with Crippen molar-refractivity contribution in [3.63, 3.8) is 0 Å². The predicted molar refractivity (Wildman–Crippen MR) is 101 cm³/mol. The van der Waals surface area contributed by atoms with E-state index >= 15 is 0 Å². The number of halogens is 2. The molecule has 0 saturated carbocycles. The normalized spacial score (nSPS) is 22.2. The summed E-state index contributed by atoms with van der Waals surface area (Å²) in [4.78, 5) is 18.3. The molecule has 1 aromatic carbocycles. The fourth-order valence-electron chi connectivity index (χ4n) is 3.27. The highest BCUT2D eigenvalue weighted by atomic mass is 35.5. The van der Waals surface area contributed by atoms with Gasteiger partial charge in [0.05, 0.1) is 23.2 Å². The Morgan fingerprint density at radius 2 is 2.15 bits per heavy atom. The Morgan fingerprint density at radius 1 is 1.35 bits per heavy atom. The molecule has 1 amide bonds. The third-order valence-electron chi connectivity index (χ3n) is 4.58. The molecule has 2 unspecified atom stereocenters. The van der Waals surface area contributed by atoms with Crippen molar-refractivity contribution in [1.29, 1.82) is 0 Å². The van der Waals surface area contributed by atoms with Crippen LogP contribution in [0.15, 0.2) is 24.3 Å². The number of carbonyl (C=O) groups is 1. The Kier molecular flexibility index (Phi) is 6.24. The lowest BCUT2D eigenvalue weighted by atomic mass is 9.98. The molecule has 1 fully saturated rings. The minimum Gasteiger partial charge on any atom is -0.366 e. The average Bonchev–Trinajstić information content (AvgIpc) is 3.08. The van der Waals surface area contributed by atoms with E-state index in [9.17, 15) is 9.18 Å². The Balaban J connectivity index is 0.00000196. The minimum absolute atomic E-state index is 0. The van der Waals surface area contributed by atoms with Crippen molar-refractivity contribution >= 4 is 29.7 Å². The molecule has 2 heterocycles. The lowest BCUT2D eigenvalue weighted by Gasteiger charge is -2.27. The third kappa shape index (κ3) is 4.06. The molecule has 0 bridgehead atoms. The Bertz CT molecular complexity index is 762. The summed E-state index contributed by atoms with van der Waals surface area (Å²) in [7, 11) is 0. The molecule has 0 radical (unpaired) electrons. The summed E-state index contributed by atoms with van der Waals surface area (Å²) < 4.78 is 18.7. The molecule has 2 N–H and O–H groups in total. The molecule has 26 heavy (non-hydrogen) atoms. The van der Waals surface area contributed by atoms with Crippen LogP contribution in [0.4, 0.5) is 4.39 Å². The number of rotatable bonds is 3. The molecule has 5 nitrogen and oxygen atoms in total. The molecule has 2 aromatic rings. The molecular formula is C18H21ClFN3O2S. The number of ether oxygens (including phenoxy) is 1. The van der Waals surface area contributed by atoms with Crippen molar-refractivity contribution in [2.24, 2.45) is 0 Å². The lowest BCUT2D eigenvalue weighted by Crippen LogP contribution is -2.48. The second-order valence-corrected chi connectivity index (χ2v) is 7.38. The van der Waals surface area contributed by atoms with Gasteiger partial charge in [-0.05, 0) is 43.5 Å². The molecule has 1 saturated heterocycles. The van der Waals surface area contributed by atoms with Gasteiger partial charge in [0, 0.05) is 18.7 Å². The first kappa shape index (κ1) is 19.2.